The van der Waals surface area contributed by atoms with E-state index in [2.05, 4.69) is 27.6 Å². The summed E-state index contributed by atoms with van der Waals surface area (Å²) in [6.07, 6.45) is 3.77. The number of hydrogen-bond acceptors (Lipinski definition) is 7. The van der Waals surface area contributed by atoms with Crippen molar-refractivity contribution >= 4 is 39.0 Å². The van der Waals surface area contributed by atoms with E-state index in [4.69, 9.17) is 19.2 Å². The van der Waals surface area contributed by atoms with Crippen LogP contribution in [0.5, 0.6) is 11.5 Å². The molecule has 0 fully saturated rings. The molecule has 37 heavy (non-hydrogen) atoms. The van der Waals surface area contributed by atoms with Crippen molar-refractivity contribution in [1.29, 1.82) is 0 Å². The van der Waals surface area contributed by atoms with Crippen molar-refractivity contribution in [3.8, 4) is 11.5 Å². The van der Waals surface area contributed by atoms with Crippen molar-refractivity contribution < 1.29 is 19.0 Å². The van der Waals surface area contributed by atoms with Crippen LogP contribution in [0.15, 0.2) is 57.4 Å². The first-order valence-corrected chi connectivity index (χ1v) is 12.9. The molecule has 3 aromatic rings. The number of allylic oxidation sites excluding steroid dienone is 1. The highest BCUT2D eigenvalue weighted by Gasteiger charge is 2.21. The fourth-order valence-electron chi connectivity index (χ4n) is 3.76. The molecular formula is C28H32BrN3O5. The number of ether oxygens (including phenoxy) is 3. The number of hydrogen-bond donors (Lipinski definition) is 0. The maximum atomic E-state index is 13.4. The third kappa shape index (κ3) is 6.46. The molecule has 0 saturated carbocycles. The molecule has 0 bridgehead atoms. The Kier molecular flexibility index (Phi) is 9.63. The number of benzene rings is 2. The van der Waals surface area contributed by atoms with E-state index in [1.807, 2.05) is 39.0 Å². The largest absolute Gasteiger partial charge is 0.490 e. The van der Waals surface area contributed by atoms with E-state index in [-0.39, 0.29) is 11.5 Å². The van der Waals surface area contributed by atoms with Gasteiger partial charge in [-0.15, -0.1) is 6.58 Å². The molecule has 0 aliphatic rings. The van der Waals surface area contributed by atoms with E-state index in [0.29, 0.717) is 46.8 Å². The first kappa shape index (κ1) is 28.1. The van der Waals surface area contributed by atoms with Crippen LogP contribution in [-0.4, -0.2) is 41.7 Å². The lowest BCUT2D eigenvalue weighted by atomic mass is 10.1. The Bertz CT molecular complexity index is 1380. The number of methoxy groups -OCH3 is 1. The van der Waals surface area contributed by atoms with Gasteiger partial charge in [-0.2, -0.15) is 9.78 Å². The molecule has 0 aliphatic heterocycles. The van der Waals surface area contributed by atoms with Gasteiger partial charge >= 0.3 is 5.97 Å². The van der Waals surface area contributed by atoms with Crippen LogP contribution in [0.3, 0.4) is 0 Å². The molecule has 0 saturated heterocycles. The van der Waals surface area contributed by atoms with Crippen LogP contribution >= 0.6 is 15.9 Å². The minimum absolute atomic E-state index is 0.0174. The van der Waals surface area contributed by atoms with Crippen LogP contribution in [0.1, 0.15) is 57.0 Å². The first-order valence-electron chi connectivity index (χ1n) is 12.2. The summed E-state index contributed by atoms with van der Waals surface area (Å²) in [5.74, 6) is 0.996. The summed E-state index contributed by atoms with van der Waals surface area (Å²) in [5, 5.41) is 5.04. The topological polar surface area (TPSA) is 92.0 Å². The van der Waals surface area contributed by atoms with Gasteiger partial charge in [-0.25, -0.2) is 9.78 Å². The predicted octanol–water partition coefficient (Wildman–Crippen LogP) is 5.62. The second kappa shape index (κ2) is 12.7. The molecule has 8 nitrogen and oxygen atoms in total. The molecule has 0 radical (unpaired) electrons. The van der Waals surface area contributed by atoms with Crippen molar-refractivity contribution in [2.75, 3.05) is 13.7 Å². The first-order chi connectivity index (χ1) is 17.7. The number of aromatic nitrogens is 2. The Labute approximate surface area is 225 Å². The Morgan fingerprint density at radius 2 is 2.00 bits per heavy atom. The molecule has 0 N–H and O–H groups in total. The van der Waals surface area contributed by atoms with Crippen LogP contribution in [-0.2, 0) is 16.0 Å². The molecule has 0 spiro atoms. The zero-order valence-electron chi connectivity index (χ0n) is 21.8. The van der Waals surface area contributed by atoms with Crippen LogP contribution in [0.25, 0.3) is 10.9 Å². The highest BCUT2D eigenvalue weighted by Crippen LogP contribution is 2.34. The number of esters is 1. The van der Waals surface area contributed by atoms with Gasteiger partial charge in [0.15, 0.2) is 17.6 Å². The van der Waals surface area contributed by atoms with Crippen LogP contribution in [0.2, 0.25) is 0 Å². The van der Waals surface area contributed by atoms with Gasteiger partial charge < -0.3 is 14.2 Å². The molecule has 2 atom stereocenters. The summed E-state index contributed by atoms with van der Waals surface area (Å²) in [5.41, 5.74) is 1.83. The molecule has 3 rings (SSSR count). The lowest BCUT2D eigenvalue weighted by Gasteiger charge is -2.19. The van der Waals surface area contributed by atoms with Crippen molar-refractivity contribution in [2.45, 2.75) is 52.6 Å². The van der Waals surface area contributed by atoms with E-state index in [1.54, 1.807) is 31.3 Å². The van der Waals surface area contributed by atoms with Crippen molar-refractivity contribution in [3.63, 3.8) is 0 Å². The van der Waals surface area contributed by atoms with Crippen molar-refractivity contribution in [3.05, 3.63) is 74.8 Å². The van der Waals surface area contributed by atoms with E-state index in [9.17, 15) is 9.59 Å². The zero-order chi connectivity index (χ0) is 27.1. The van der Waals surface area contributed by atoms with E-state index in [0.717, 1.165) is 16.5 Å². The number of rotatable bonds is 11. The lowest BCUT2D eigenvalue weighted by Crippen LogP contribution is -2.25. The number of carbonyl (C=O) groups excluding carboxylic acids is 1. The second-order valence-corrected chi connectivity index (χ2v) is 9.43. The standard InChI is InChI=1S/C28H32BrN3O5/c1-7-10-20-13-19(14-24(36-9-3)25(20)37-18(5)28(34)35-6)16-30-32-26(17(4)8-2)31-23-12-11-21(29)15-22(23)27(32)33/h7,11-18H,1,8-10H2,2-6H3/t17-,18+/m1/s1. The maximum Gasteiger partial charge on any atom is 0.346 e. The smallest absolute Gasteiger partial charge is 0.346 e. The Morgan fingerprint density at radius 1 is 1.24 bits per heavy atom. The van der Waals surface area contributed by atoms with Crippen molar-refractivity contribution in [2.24, 2.45) is 5.10 Å². The summed E-state index contributed by atoms with van der Waals surface area (Å²) in [6.45, 7) is 11.8. The fraction of sp³-hybridized carbons (Fsp3) is 0.357. The van der Waals surface area contributed by atoms with Gasteiger partial charge in [-0.05, 0) is 62.6 Å². The molecule has 1 heterocycles. The third-order valence-electron chi connectivity index (χ3n) is 5.85. The number of halogens is 1. The van der Waals surface area contributed by atoms with Gasteiger partial charge in [0.2, 0.25) is 0 Å². The Morgan fingerprint density at radius 3 is 2.65 bits per heavy atom. The highest BCUT2D eigenvalue weighted by molar-refractivity contribution is 9.10. The number of nitrogens with zero attached hydrogens (tertiary/aromatic N) is 3. The van der Waals surface area contributed by atoms with Gasteiger partial charge in [0.05, 0.1) is 30.8 Å². The van der Waals surface area contributed by atoms with Crippen LogP contribution in [0, 0.1) is 0 Å². The molecule has 0 unspecified atom stereocenters. The van der Waals surface area contributed by atoms with Gasteiger partial charge in [0.1, 0.15) is 5.82 Å². The molecule has 196 valence electrons. The quantitative estimate of drug-likeness (QED) is 0.169. The molecule has 2 aromatic carbocycles. The van der Waals surface area contributed by atoms with Gasteiger partial charge in [0, 0.05) is 16.0 Å². The normalized spacial score (nSPS) is 12.9. The monoisotopic (exact) mass is 569 g/mol. The van der Waals surface area contributed by atoms with Crippen molar-refractivity contribution in [1.82, 2.24) is 9.66 Å². The molecule has 9 heteroatoms. The summed E-state index contributed by atoms with van der Waals surface area (Å²) < 4.78 is 18.7. The minimum atomic E-state index is -0.827. The third-order valence-corrected chi connectivity index (χ3v) is 6.35. The maximum absolute atomic E-state index is 13.4. The van der Waals surface area contributed by atoms with Gasteiger partial charge in [0.25, 0.3) is 5.56 Å². The second-order valence-electron chi connectivity index (χ2n) is 8.52. The zero-order valence-corrected chi connectivity index (χ0v) is 23.4. The summed E-state index contributed by atoms with van der Waals surface area (Å²) in [7, 11) is 1.31. The Hall–Kier alpha value is -3.46. The summed E-state index contributed by atoms with van der Waals surface area (Å²) >= 11 is 3.43. The van der Waals surface area contributed by atoms with E-state index in [1.165, 1.54) is 11.8 Å². The van der Waals surface area contributed by atoms with E-state index >= 15 is 0 Å². The Balaban J connectivity index is 2.15. The van der Waals surface area contributed by atoms with E-state index < -0.39 is 12.1 Å². The van der Waals surface area contributed by atoms with Crippen LogP contribution < -0.4 is 15.0 Å². The summed E-state index contributed by atoms with van der Waals surface area (Å²) in [4.78, 5) is 30.2. The van der Waals surface area contributed by atoms with Crippen LogP contribution in [0.4, 0.5) is 0 Å². The predicted molar refractivity (Wildman–Crippen MR) is 149 cm³/mol. The highest BCUT2D eigenvalue weighted by atomic mass is 79.9. The molecule has 1 aromatic heterocycles. The average Bonchev–Trinajstić information content (AvgIpc) is 2.89. The SMILES string of the molecule is C=CCc1cc(C=Nn2c([C@H](C)CC)nc3ccc(Br)cc3c2=O)cc(OCC)c1O[C@@H](C)C(=O)OC. The average molecular weight is 570 g/mol. The van der Waals surface area contributed by atoms with Gasteiger partial charge in [-0.3, -0.25) is 4.79 Å². The molecule has 0 amide bonds. The number of carbonyl (C=O) groups is 1. The van der Waals surface area contributed by atoms with Gasteiger partial charge in [-0.1, -0.05) is 35.9 Å². The number of fused-ring (bicyclic) bond motifs is 1. The summed E-state index contributed by atoms with van der Waals surface area (Å²) in [6, 6.07) is 9.07. The molecule has 0 aliphatic carbocycles. The lowest BCUT2D eigenvalue weighted by molar-refractivity contribution is -0.147. The fourth-order valence-corrected chi connectivity index (χ4v) is 4.12. The molecular weight excluding hydrogens is 538 g/mol. The minimum Gasteiger partial charge on any atom is -0.490 e.